The minimum Gasteiger partial charge on any atom is -0.444 e. The number of carbonyl (C=O) groups is 2. The van der Waals surface area contributed by atoms with Crippen molar-refractivity contribution in [1.82, 2.24) is 10.6 Å². The molecule has 1 aromatic rings. The highest BCUT2D eigenvalue weighted by atomic mass is 79.9. The highest BCUT2D eigenvalue weighted by Gasteiger charge is 2.15. The maximum atomic E-state index is 11.9. The van der Waals surface area contributed by atoms with E-state index in [4.69, 9.17) is 4.74 Å². The van der Waals surface area contributed by atoms with Crippen LogP contribution in [0.15, 0.2) is 28.7 Å². The van der Waals surface area contributed by atoms with Gasteiger partial charge in [-0.05, 0) is 58.2 Å². The molecule has 134 valence electrons. The maximum Gasteiger partial charge on any atom is 0.407 e. The van der Waals surface area contributed by atoms with E-state index in [1.54, 1.807) is 0 Å². The summed E-state index contributed by atoms with van der Waals surface area (Å²) in [5.74, 6) is -0.00870. The van der Waals surface area contributed by atoms with Gasteiger partial charge in [-0.3, -0.25) is 4.79 Å². The minimum absolute atomic E-state index is 0.00870. The fourth-order valence-electron chi connectivity index (χ4n) is 2.13. The molecule has 0 saturated carbocycles. The molecule has 6 heteroatoms. The quantitative estimate of drug-likeness (QED) is 0.686. The van der Waals surface area contributed by atoms with Gasteiger partial charge in [-0.1, -0.05) is 28.1 Å². The second-order valence-electron chi connectivity index (χ2n) is 6.83. The van der Waals surface area contributed by atoms with E-state index in [9.17, 15) is 9.59 Å². The number of hydrogen-bond donors (Lipinski definition) is 2. The highest BCUT2D eigenvalue weighted by Crippen LogP contribution is 2.12. The molecular weight excluding hydrogens is 372 g/mol. The van der Waals surface area contributed by atoms with Gasteiger partial charge in [0.05, 0.1) is 0 Å². The normalized spacial score (nSPS) is 12.4. The van der Waals surface area contributed by atoms with Gasteiger partial charge in [-0.15, -0.1) is 0 Å². The third-order valence-corrected chi connectivity index (χ3v) is 3.64. The van der Waals surface area contributed by atoms with Crippen molar-refractivity contribution >= 4 is 27.9 Å². The van der Waals surface area contributed by atoms with Gasteiger partial charge >= 0.3 is 6.09 Å². The maximum absolute atomic E-state index is 11.9. The van der Waals surface area contributed by atoms with Crippen LogP contribution in [-0.4, -0.2) is 30.2 Å². The molecule has 1 aromatic carbocycles. The summed E-state index contributed by atoms with van der Waals surface area (Å²) < 4.78 is 6.17. The average Bonchev–Trinajstić information content (AvgIpc) is 2.44. The summed E-state index contributed by atoms with van der Waals surface area (Å²) in [5, 5.41) is 5.62. The number of ether oxygens (including phenoxy) is 1. The van der Waals surface area contributed by atoms with Crippen LogP contribution in [0.1, 0.15) is 46.1 Å². The van der Waals surface area contributed by atoms with Gasteiger partial charge in [0.2, 0.25) is 5.91 Å². The Morgan fingerprint density at radius 2 is 1.83 bits per heavy atom. The van der Waals surface area contributed by atoms with Crippen LogP contribution in [0.2, 0.25) is 0 Å². The predicted octanol–water partition coefficient (Wildman–Crippen LogP) is 3.80. The van der Waals surface area contributed by atoms with Gasteiger partial charge in [0, 0.05) is 23.5 Å². The third kappa shape index (κ3) is 9.55. The Balaban J connectivity index is 2.19. The van der Waals surface area contributed by atoms with Gasteiger partial charge in [-0.2, -0.15) is 0 Å². The van der Waals surface area contributed by atoms with E-state index in [0.29, 0.717) is 19.4 Å². The molecule has 0 aliphatic heterocycles. The van der Waals surface area contributed by atoms with E-state index in [-0.39, 0.29) is 11.9 Å². The Bertz CT molecular complexity index is 538. The first kappa shape index (κ1) is 20.5. The fraction of sp³-hybridized carbons (Fsp3) is 0.556. The van der Waals surface area contributed by atoms with Gasteiger partial charge in [0.1, 0.15) is 5.60 Å². The summed E-state index contributed by atoms with van der Waals surface area (Å²) in [6, 6.07) is 8.13. The average molecular weight is 399 g/mol. The summed E-state index contributed by atoms with van der Waals surface area (Å²) in [4.78, 5) is 23.4. The van der Waals surface area contributed by atoms with Crippen molar-refractivity contribution in [2.24, 2.45) is 0 Å². The molecule has 0 saturated heterocycles. The SMILES string of the molecule is CC(Cc1ccc(Br)cc1)NC(=O)CCCNC(=O)OC(C)(C)C. The smallest absolute Gasteiger partial charge is 0.407 e. The van der Waals surface area contributed by atoms with Crippen molar-refractivity contribution in [3.05, 3.63) is 34.3 Å². The number of hydrogen-bond acceptors (Lipinski definition) is 3. The summed E-state index contributed by atoms with van der Waals surface area (Å²) in [5.41, 5.74) is 0.668. The number of rotatable bonds is 7. The molecular formula is C18H27BrN2O3. The number of carbonyl (C=O) groups excluding carboxylic acids is 2. The largest absolute Gasteiger partial charge is 0.444 e. The number of nitrogens with one attached hydrogen (secondary N) is 2. The summed E-state index contributed by atoms with van der Waals surface area (Å²) in [7, 11) is 0. The van der Waals surface area contributed by atoms with Crippen molar-refractivity contribution < 1.29 is 14.3 Å². The molecule has 0 bridgehead atoms. The zero-order valence-corrected chi connectivity index (χ0v) is 16.4. The van der Waals surface area contributed by atoms with Crippen molar-refractivity contribution in [2.45, 2.75) is 58.6 Å². The molecule has 5 nitrogen and oxygen atoms in total. The molecule has 2 N–H and O–H groups in total. The summed E-state index contributed by atoms with van der Waals surface area (Å²) >= 11 is 3.40. The summed E-state index contributed by atoms with van der Waals surface area (Å²) in [6.07, 6.45) is 1.29. The third-order valence-electron chi connectivity index (χ3n) is 3.11. The van der Waals surface area contributed by atoms with E-state index in [1.165, 1.54) is 5.56 Å². The van der Waals surface area contributed by atoms with Crippen LogP contribution in [0.4, 0.5) is 4.79 Å². The molecule has 0 fully saturated rings. The second kappa shape index (κ2) is 9.67. The lowest BCUT2D eigenvalue weighted by molar-refractivity contribution is -0.121. The van der Waals surface area contributed by atoms with Crippen molar-refractivity contribution in [2.75, 3.05) is 6.54 Å². The molecule has 0 heterocycles. The second-order valence-corrected chi connectivity index (χ2v) is 7.75. The molecule has 0 aliphatic rings. The van der Waals surface area contributed by atoms with Gasteiger partial charge in [-0.25, -0.2) is 4.79 Å². The first-order valence-electron chi connectivity index (χ1n) is 8.16. The first-order chi connectivity index (χ1) is 11.2. The lowest BCUT2D eigenvalue weighted by Crippen LogP contribution is -2.35. The molecule has 1 unspecified atom stereocenters. The monoisotopic (exact) mass is 398 g/mol. The number of benzene rings is 1. The van der Waals surface area contributed by atoms with E-state index in [1.807, 2.05) is 52.0 Å². The molecule has 2 amide bonds. The van der Waals surface area contributed by atoms with Gasteiger partial charge < -0.3 is 15.4 Å². The molecule has 0 aromatic heterocycles. The van der Waals surface area contributed by atoms with Crippen LogP contribution in [0.5, 0.6) is 0 Å². The highest BCUT2D eigenvalue weighted by molar-refractivity contribution is 9.10. The topological polar surface area (TPSA) is 67.4 Å². The molecule has 0 aliphatic carbocycles. The lowest BCUT2D eigenvalue weighted by Gasteiger charge is -2.19. The van der Waals surface area contributed by atoms with Crippen LogP contribution in [0.25, 0.3) is 0 Å². The zero-order chi connectivity index (χ0) is 18.2. The standard InChI is InChI=1S/C18H27BrN2O3/c1-13(12-14-7-9-15(19)10-8-14)21-16(22)6-5-11-20-17(23)24-18(2,3)4/h7-10,13H,5-6,11-12H2,1-4H3,(H,20,23)(H,21,22). The number of amides is 2. The molecule has 1 rings (SSSR count). The van der Waals surface area contributed by atoms with Crippen LogP contribution < -0.4 is 10.6 Å². The Hall–Kier alpha value is -1.56. The van der Waals surface area contributed by atoms with Gasteiger partial charge in [0.15, 0.2) is 0 Å². The Morgan fingerprint density at radius 1 is 1.21 bits per heavy atom. The van der Waals surface area contributed by atoms with E-state index >= 15 is 0 Å². The van der Waals surface area contributed by atoms with Crippen molar-refractivity contribution in [3.8, 4) is 0 Å². The van der Waals surface area contributed by atoms with Crippen molar-refractivity contribution in [3.63, 3.8) is 0 Å². The molecule has 1 atom stereocenters. The van der Waals surface area contributed by atoms with Crippen LogP contribution in [0, 0.1) is 0 Å². The minimum atomic E-state index is -0.510. The lowest BCUT2D eigenvalue weighted by atomic mass is 10.1. The predicted molar refractivity (Wildman–Crippen MR) is 98.9 cm³/mol. The van der Waals surface area contributed by atoms with Crippen LogP contribution in [0.3, 0.4) is 0 Å². The first-order valence-corrected chi connectivity index (χ1v) is 8.95. The molecule has 24 heavy (non-hydrogen) atoms. The Morgan fingerprint density at radius 3 is 2.42 bits per heavy atom. The molecule has 0 radical (unpaired) electrons. The van der Waals surface area contributed by atoms with Crippen molar-refractivity contribution in [1.29, 1.82) is 0 Å². The Labute approximate surface area is 152 Å². The molecule has 0 spiro atoms. The van der Waals surface area contributed by atoms with Crippen LogP contribution in [-0.2, 0) is 16.0 Å². The zero-order valence-electron chi connectivity index (χ0n) is 14.8. The number of alkyl carbamates (subject to hydrolysis) is 1. The number of halogens is 1. The Kier molecular flexibility index (Phi) is 8.25. The van der Waals surface area contributed by atoms with Gasteiger partial charge in [0.25, 0.3) is 0 Å². The van der Waals surface area contributed by atoms with E-state index in [0.717, 1.165) is 10.9 Å². The summed E-state index contributed by atoms with van der Waals surface area (Å²) in [6.45, 7) is 7.84. The van der Waals surface area contributed by atoms with E-state index in [2.05, 4.69) is 26.6 Å². The fourth-order valence-corrected chi connectivity index (χ4v) is 2.39. The van der Waals surface area contributed by atoms with Crippen LogP contribution >= 0.6 is 15.9 Å². The van der Waals surface area contributed by atoms with E-state index < -0.39 is 11.7 Å².